The van der Waals surface area contributed by atoms with Crippen LogP contribution in [0.1, 0.15) is 6.92 Å². The van der Waals surface area contributed by atoms with E-state index in [0.717, 1.165) is 10.8 Å². The van der Waals surface area contributed by atoms with Gasteiger partial charge in [-0.1, -0.05) is 91.9 Å². The van der Waals surface area contributed by atoms with Crippen LogP contribution in [0.4, 0.5) is 0 Å². The Labute approximate surface area is 228 Å². The highest BCUT2D eigenvalue weighted by atomic mass is 127. The predicted octanol–water partition coefficient (Wildman–Crippen LogP) is 3.55. The van der Waals surface area contributed by atoms with Crippen molar-refractivity contribution in [3.05, 3.63) is 121 Å². The molecule has 0 unspecified atom stereocenters. The molecule has 0 aliphatic rings. The molecule has 5 aromatic rings. The predicted molar refractivity (Wildman–Crippen MR) is 149 cm³/mol. The molecule has 1 aromatic heterocycles. The lowest BCUT2D eigenvalue weighted by Crippen LogP contribution is -3.00. The third kappa shape index (κ3) is 4.74. The number of hydrogen-bond acceptors (Lipinski definition) is 3. The number of thiazole rings is 1. The van der Waals surface area contributed by atoms with E-state index in [9.17, 15) is 0 Å². The fraction of sp³-hybridized carbons (Fsp3) is 0.0690. The molecule has 1 heterocycles. The summed E-state index contributed by atoms with van der Waals surface area (Å²) in [5.74, 6) is 1.02. The fourth-order valence-corrected chi connectivity index (χ4v) is 11.4. The molecule has 0 saturated carbocycles. The number of halogens is 1. The number of rotatable bonds is 7. The van der Waals surface area contributed by atoms with Gasteiger partial charge in [-0.05, 0) is 42.2 Å². The van der Waals surface area contributed by atoms with Crippen LogP contribution in [0.25, 0.3) is 10.6 Å². The first-order chi connectivity index (χ1) is 16.3. The van der Waals surface area contributed by atoms with Gasteiger partial charge in [0, 0.05) is 5.56 Å². The molecule has 0 fully saturated rings. The Morgan fingerprint density at radius 2 is 1.06 bits per heavy atom. The SMILES string of the molecule is CCSc1sc(-c2ccccc2)nc1[P+](c1ccccc1)(c1ccccc1)c1ccccc1.[I-]. The second kappa shape index (κ2) is 11.6. The van der Waals surface area contributed by atoms with Crippen LogP contribution in [-0.4, -0.2) is 10.7 Å². The summed E-state index contributed by atoms with van der Waals surface area (Å²) in [5, 5.41) is 5.11. The zero-order valence-electron chi connectivity index (χ0n) is 18.8. The number of thioether (sulfide) groups is 1. The molecule has 0 atom stereocenters. The monoisotopic (exact) mass is 609 g/mol. The molecular formula is C29H25INPS2. The van der Waals surface area contributed by atoms with Crippen molar-refractivity contribution in [2.24, 2.45) is 0 Å². The van der Waals surface area contributed by atoms with E-state index in [-0.39, 0.29) is 24.0 Å². The van der Waals surface area contributed by atoms with E-state index in [1.165, 1.54) is 31.1 Å². The van der Waals surface area contributed by atoms with E-state index >= 15 is 0 Å². The summed E-state index contributed by atoms with van der Waals surface area (Å²) in [6.07, 6.45) is 0. The molecule has 0 radical (unpaired) electrons. The van der Waals surface area contributed by atoms with E-state index in [2.05, 4.69) is 128 Å². The van der Waals surface area contributed by atoms with Crippen molar-refractivity contribution in [2.75, 3.05) is 5.75 Å². The van der Waals surface area contributed by atoms with Gasteiger partial charge in [0.15, 0.2) is 7.26 Å². The van der Waals surface area contributed by atoms with E-state index < -0.39 is 7.26 Å². The second-order valence-corrected chi connectivity index (χ2v) is 13.5. The van der Waals surface area contributed by atoms with Gasteiger partial charge in [0.05, 0.1) is 0 Å². The number of aromatic nitrogens is 1. The standard InChI is InChI=1S/C29H25NPS2.HI/c1-2-32-29-27(30-28(33-29)23-15-7-3-8-16-23)31(24-17-9-4-10-18-24,25-19-11-5-12-20-25)26-21-13-6-14-22-26;/h3-22H,2H2,1H3;1H/q+1;/p-1. The summed E-state index contributed by atoms with van der Waals surface area (Å²) in [5.41, 5.74) is 2.40. The highest BCUT2D eigenvalue weighted by Gasteiger charge is 2.51. The summed E-state index contributed by atoms with van der Waals surface area (Å²) in [6.45, 7) is 2.23. The minimum atomic E-state index is -2.19. The van der Waals surface area contributed by atoms with Crippen molar-refractivity contribution in [2.45, 2.75) is 11.1 Å². The molecule has 0 spiro atoms. The van der Waals surface area contributed by atoms with Gasteiger partial charge >= 0.3 is 0 Å². The van der Waals surface area contributed by atoms with Gasteiger partial charge in [-0.25, -0.2) is 0 Å². The normalized spacial score (nSPS) is 11.1. The first-order valence-electron chi connectivity index (χ1n) is 11.1. The van der Waals surface area contributed by atoms with Crippen LogP contribution in [0.3, 0.4) is 0 Å². The molecule has 0 N–H and O–H groups in total. The molecule has 0 aliphatic heterocycles. The first kappa shape index (κ1) is 25.1. The fourth-order valence-electron chi connectivity index (χ4n) is 4.21. The molecule has 5 rings (SSSR count). The van der Waals surface area contributed by atoms with E-state index in [4.69, 9.17) is 4.98 Å². The molecule has 0 saturated heterocycles. The summed E-state index contributed by atoms with van der Waals surface area (Å²) < 4.78 is 1.32. The molecule has 0 aliphatic carbocycles. The molecule has 4 aromatic carbocycles. The lowest BCUT2D eigenvalue weighted by molar-refractivity contribution is -0.00000629. The number of nitrogens with zero attached hydrogens (tertiary/aromatic N) is 1. The van der Waals surface area contributed by atoms with E-state index in [0.29, 0.717) is 0 Å². The third-order valence-electron chi connectivity index (χ3n) is 5.62. The Balaban J connectivity index is 0.00000274. The second-order valence-electron chi connectivity index (χ2n) is 7.61. The van der Waals surface area contributed by atoms with Gasteiger partial charge in [-0.2, -0.15) is 4.98 Å². The minimum absolute atomic E-state index is 0. The number of hydrogen-bond donors (Lipinski definition) is 0. The molecule has 0 amide bonds. The highest BCUT2D eigenvalue weighted by Crippen LogP contribution is 2.56. The van der Waals surface area contributed by atoms with E-state index in [1.807, 2.05) is 23.1 Å². The van der Waals surface area contributed by atoms with E-state index in [1.54, 1.807) is 0 Å². The average molecular weight is 610 g/mol. The van der Waals surface area contributed by atoms with Crippen LogP contribution in [0.15, 0.2) is 126 Å². The van der Waals surface area contributed by atoms with Crippen molar-refractivity contribution >= 4 is 51.7 Å². The Morgan fingerprint density at radius 1 is 0.647 bits per heavy atom. The van der Waals surface area contributed by atoms with Crippen LogP contribution in [0.2, 0.25) is 0 Å². The molecule has 5 heteroatoms. The van der Waals surface area contributed by atoms with Crippen LogP contribution >= 0.6 is 30.4 Å². The minimum Gasteiger partial charge on any atom is -1.00 e. The zero-order valence-corrected chi connectivity index (χ0v) is 23.5. The Morgan fingerprint density at radius 3 is 1.47 bits per heavy atom. The van der Waals surface area contributed by atoms with Crippen LogP contribution in [0.5, 0.6) is 0 Å². The molecule has 170 valence electrons. The third-order valence-corrected chi connectivity index (χ3v) is 12.4. The smallest absolute Gasteiger partial charge is 0.223 e. The first-order valence-corrected chi connectivity index (χ1v) is 14.7. The maximum Gasteiger partial charge on any atom is 0.223 e. The van der Waals surface area contributed by atoms with Crippen molar-refractivity contribution in [3.8, 4) is 10.6 Å². The summed E-state index contributed by atoms with van der Waals surface area (Å²) in [6, 6.07) is 43.6. The van der Waals surface area contributed by atoms with Gasteiger partial charge < -0.3 is 24.0 Å². The van der Waals surface area contributed by atoms with Gasteiger partial charge in [0.1, 0.15) is 25.1 Å². The van der Waals surface area contributed by atoms with Gasteiger partial charge in [-0.3, -0.25) is 0 Å². The highest BCUT2D eigenvalue weighted by molar-refractivity contribution is 8.05. The number of benzene rings is 4. The molecule has 34 heavy (non-hydrogen) atoms. The largest absolute Gasteiger partial charge is 1.00 e. The molecule has 1 nitrogen and oxygen atoms in total. The summed E-state index contributed by atoms with van der Waals surface area (Å²) in [4.78, 5) is 5.45. The lowest BCUT2D eigenvalue weighted by Gasteiger charge is -2.26. The van der Waals surface area contributed by atoms with Crippen molar-refractivity contribution in [3.63, 3.8) is 0 Å². The summed E-state index contributed by atoms with van der Waals surface area (Å²) in [7, 11) is -2.19. The topological polar surface area (TPSA) is 12.9 Å². The van der Waals surface area contributed by atoms with Gasteiger partial charge in [0.2, 0.25) is 5.44 Å². The summed E-state index contributed by atoms with van der Waals surface area (Å²) >= 11 is 3.74. The Bertz CT molecular complexity index is 1210. The van der Waals surface area contributed by atoms with Crippen LogP contribution in [-0.2, 0) is 0 Å². The van der Waals surface area contributed by atoms with Gasteiger partial charge in [-0.15, -0.1) is 23.1 Å². The van der Waals surface area contributed by atoms with Crippen molar-refractivity contribution in [1.29, 1.82) is 0 Å². The average Bonchev–Trinajstić information content (AvgIpc) is 3.31. The van der Waals surface area contributed by atoms with Crippen LogP contribution in [0, 0.1) is 0 Å². The molecule has 0 bridgehead atoms. The van der Waals surface area contributed by atoms with Gasteiger partial charge in [0.25, 0.3) is 0 Å². The Hall–Kier alpha value is -1.98. The lowest BCUT2D eigenvalue weighted by atomic mass is 10.2. The van der Waals surface area contributed by atoms with Crippen molar-refractivity contribution < 1.29 is 24.0 Å². The zero-order chi connectivity index (χ0) is 22.5. The van der Waals surface area contributed by atoms with Crippen molar-refractivity contribution in [1.82, 2.24) is 4.98 Å². The maximum absolute atomic E-state index is 5.45. The maximum atomic E-state index is 5.45. The quantitative estimate of drug-likeness (QED) is 0.159. The molecular weight excluding hydrogens is 584 g/mol. The van der Waals surface area contributed by atoms with Crippen LogP contribution < -0.4 is 45.3 Å². The Kier molecular flexibility index (Phi) is 8.60.